The van der Waals surface area contributed by atoms with E-state index in [0.717, 1.165) is 12.1 Å². The summed E-state index contributed by atoms with van der Waals surface area (Å²) in [4.78, 5) is 11.6. The fraction of sp³-hybridized carbons (Fsp3) is 0.462. The monoisotopic (exact) mass is 358 g/mol. The van der Waals surface area contributed by atoms with E-state index in [4.69, 9.17) is 5.73 Å². The molecule has 0 aromatic heterocycles. The quantitative estimate of drug-likeness (QED) is 0.790. The van der Waals surface area contributed by atoms with Crippen LogP contribution in [0.3, 0.4) is 0 Å². The van der Waals surface area contributed by atoms with Gasteiger partial charge in [0.2, 0.25) is 0 Å². The summed E-state index contributed by atoms with van der Waals surface area (Å²) in [7, 11) is 4.31. The molecule has 1 aliphatic heterocycles. The molecule has 1 aliphatic rings. The van der Waals surface area contributed by atoms with Crippen LogP contribution in [0.25, 0.3) is 0 Å². The number of benzene rings is 1. The van der Waals surface area contributed by atoms with Crippen molar-refractivity contribution >= 4 is 48.3 Å². The van der Waals surface area contributed by atoms with E-state index in [0.29, 0.717) is 13.0 Å². The molecule has 3 nitrogen and oxygen atoms in total. The van der Waals surface area contributed by atoms with Gasteiger partial charge in [-0.05, 0) is 0 Å². The zero-order valence-electron chi connectivity index (χ0n) is 10.8. The molecule has 1 amide bonds. The first-order valence-corrected chi connectivity index (χ1v) is 13.9. The molecule has 2 rings (SSSR count). The van der Waals surface area contributed by atoms with Crippen LogP contribution in [0, 0.1) is 0 Å². The second-order valence-corrected chi connectivity index (χ2v) is 16.0. The van der Waals surface area contributed by atoms with Gasteiger partial charge in [0.05, 0.1) is 0 Å². The summed E-state index contributed by atoms with van der Waals surface area (Å²) in [5.74, 6) is 2.67. The molecule has 0 aliphatic carbocycles. The van der Waals surface area contributed by atoms with Crippen LogP contribution in [0.1, 0.15) is 19.3 Å². The maximum absolute atomic E-state index is 11.6. The Morgan fingerprint density at radius 1 is 1.26 bits per heavy atom. The van der Waals surface area contributed by atoms with Crippen LogP contribution in [-0.2, 0) is 4.79 Å². The first-order chi connectivity index (χ1) is 9.29. The van der Waals surface area contributed by atoms with E-state index >= 15 is 0 Å². The minimum absolute atomic E-state index is 0.0532. The molecule has 19 heavy (non-hydrogen) atoms. The number of nitrogens with one attached hydrogen (secondary N) is 1. The van der Waals surface area contributed by atoms with E-state index in [1.54, 1.807) is 0 Å². The van der Waals surface area contributed by atoms with Gasteiger partial charge in [-0.1, -0.05) is 0 Å². The molecule has 1 saturated heterocycles. The van der Waals surface area contributed by atoms with E-state index in [2.05, 4.69) is 37.5 Å². The number of amides is 1. The van der Waals surface area contributed by atoms with Crippen LogP contribution >= 0.6 is 20.0 Å². The van der Waals surface area contributed by atoms with Gasteiger partial charge in [-0.25, -0.2) is 0 Å². The van der Waals surface area contributed by atoms with Crippen molar-refractivity contribution in [2.24, 2.45) is 5.73 Å². The Labute approximate surface area is 125 Å². The fourth-order valence-corrected chi connectivity index (χ4v) is 14.8. The van der Waals surface area contributed by atoms with Crippen molar-refractivity contribution in [3.8, 4) is 0 Å². The first-order valence-electron chi connectivity index (χ1n) is 6.45. The van der Waals surface area contributed by atoms with E-state index in [9.17, 15) is 4.79 Å². The summed E-state index contributed by atoms with van der Waals surface area (Å²) in [5.41, 5.74) is 6.29. The molecule has 0 spiro atoms. The second kappa shape index (κ2) is 8.25. The predicted octanol–water partition coefficient (Wildman–Crippen LogP) is 1.93. The maximum atomic E-state index is 11.6. The molecular formula is C13H19AsN2OS2. The summed E-state index contributed by atoms with van der Waals surface area (Å²) < 4.78 is 1.49. The van der Waals surface area contributed by atoms with Gasteiger partial charge in [-0.3, -0.25) is 0 Å². The van der Waals surface area contributed by atoms with Crippen LogP contribution in [0.2, 0.25) is 0 Å². The summed E-state index contributed by atoms with van der Waals surface area (Å²) in [6.45, 7) is 0.564. The molecule has 0 bridgehead atoms. The van der Waals surface area contributed by atoms with Crippen LogP contribution in [0.4, 0.5) is 5.69 Å². The summed E-state index contributed by atoms with van der Waals surface area (Å²) in [5, 5.41) is 2.91. The average Bonchev–Trinajstić information content (AvgIpc) is 2.47. The van der Waals surface area contributed by atoms with Crippen molar-refractivity contribution in [3.63, 3.8) is 0 Å². The Hall–Kier alpha value is -0.0916. The van der Waals surface area contributed by atoms with Crippen molar-refractivity contribution in [1.29, 1.82) is 0 Å². The Morgan fingerprint density at radius 3 is 2.58 bits per heavy atom. The summed E-state index contributed by atoms with van der Waals surface area (Å²) >= 11 is -0.925. The first kappa shape index (κ1) is 15.3. The van der Waals surface area contributed by atoms with Gasteiger partial charge >= 0.3 is 126 Å². The third-order valence-corrected chi connectivity index (χ3v) is 16.3. The van der Waals surface area contributed by atoms with E-state index in [1.165, 1.54) is 22.3 Å². The van der Waals surface area contributed by atoms with Crippen LogP contribution in [-0.4, -0.2) is 36.3 Å². The summed E-state index contributed by atoms with van der Waals surface area (Å²) in [6.07, 6.45) is 2.59. The molecule has 104 valence electrons. The normalized spacial score (nSPS) is 16.3. The molecule has 1 aromatic carbocycles. The number of rotatable bonds is 5. The number of anilines is 1. The van der Waals surface area contributed by atoms with Crippen LogP contribution in [0.5, 0.6) is 0 Å². The number of carbonyl (C=O) groups excluding carboxylic acids is 1. The van der Waals surface area contributed by atoms with E-state index in [-0.39, 0.29) is 5.91 Å². The zero-order chi connectivity index (χ0) is 13.5. The molecule has 1 fully saturated rings. The van der Waals surface area contributed by atoms with Gasteiger partial charge in [0.1, 0.15) is 0 Å². The van der Waals surface area contributed by atoms with Crippen molar-refractivity contribution in [2.45, 2.75) is 19.3 Å². The number of hydrogen-bond donors (Lipinski definition) is 2. The zero-order valence-corrected chi connectivity index (χ0v) is 14.3. The molecule has 6 heteroatoms. The molecule has 0 radical (unpaired) electrons. The average molecular weight is 358 g/mol. The minimum atomic E-state index is -0.925. The molecule has 0 unspecified atom stereocenters. The Balaban J connectivity index is 1.88. The number of carbonyl (C=O) groups is 1. The third-order valence-electron chi connectivity index (χ3n) is 2.68. The summed E-state index contributed by atoms with van der Waals surface area (Å²) in [6, 6.07) is 8.42. The van der Waals surface area contributed by atoms with Crippen molar-refractivity contribution in [1.82, 2.24) is 0 Å². The molecule has 1 aromatic rings. The van der Waals surface area contributed by atoms with Crippen LogP contribution in [0.15, 0.2) is 24.3 Å². The molecule has 0 saturated carbocycles. The second-order valence-electron chi connectivity index (χ2n) is 4.26. The van der Waals surface area contributed by atoms with Gasteiger partial charge in [0.25, 0.3) is 0 Å². The SMILES string of the molecule is NCCCC(=O)Nc1ccc([As]2SCCCS2)cc1. The predicted molar refractivity (Wildman–Crippen MR) is 88.3 cm³/mol. The Morgan fingerprint density at radius 2 is 1.95 bits per heavy atom. The van der Waals surface area contributed by atoms with Gasteiger partial charge in [-0.15, -0.1) is 0 Å². The van der Waals surface area contributed by atoms with Gasteiger partial charge in [-0.2, -0.15) is 0 Å². The molecule has 1 heterocycles. The van der Waals surface area contributed by atoms with Crippen molar-refractivity contribution in [2.75, 3.05) is 23.4 Å². The Kier molecular flexibility index (Phi) is 6.65. The Bertz CT molecular complexity index is 408. The van der Waals surface area contributed by atoms with Crippen LogP contribution < -0.4 is 15.4 Å². The molecule has 3 N–H and O–H groups in total. The number of hydrogen-bond acceptors (Lipinski definition) is 4. The standard InChI is InChI=1S/C13H19AsN2OS2/c15-8-1-3-13(17)16-12-6-4-11(5-7-12)14-18-9-2-10-19-14/h4-7H,1-3,8-10,15H2,(H,16,17). The topological polar surface area (TPSA) is 55.1 Å². The van der Waals surface area contributed by atoms with Gasteiger partial charge in [0, 0.05) is 0 Å². The molecular weight excluding hydrogens is 339 g/mol. The fourth-order valence-electron chi connectivity index (χ4n) is 1.69. The third kappa shape index (κ3) is 5.07. The van der Waals surface area contributed by atoms with E-state index < -0.39 is 12.3 Å². The van der Waals surface area contributed by atoms with Crippen molar-refractivity contribution in [3.05, 3.63) is 24.3 Å². The van der Waals surface area contributed by atoms with E-state index in [1.807, 2.05) is 12.1 Å². The van der Waals surface area contributed by atoms with Crippen molar-refractivity contribution < 1.29 is 4.79 Å². The van der Waals surface area contributed by atoms with Gasteiger partial charge < -0.3 is 0 Å². The molecule has 0 atom stereocenters. The van der Waals surface area contributed by atoms with Gasteiger partial charge in [0.15, 0.2) is 0 Å². The number of nitrogens with two attached hydrogens (primary N) is 1.